The second-order valence-electron chi connectivity index (χ2n) is 7.74. The number of hydrogen-bond donors (Lipinski definition) is 1. The number of nitrogens with zero attached hydrogens (tertiary/aromatic N) is 2. The maximum Gasteiger partial charge on any atom is 0.334 e. The molecule has 0 saturated heterocycles. The average molecular weight is 416 g/mol. The van der Waals surface area contributed by atoms with Crippen LogP contribution in [0.5, 0.6) is 0 Å². The molecule has 0 bridgehead atoms. The summed E-state index contributed by atoms with van der Waals surface area (Å²) in [6, 6.07) is 0. The molecule has 152 valence electrons. The smallest absolute Gasteiger partial charge is 0.334 e. The van der Waals surface area contributed by atoms with Crippen molar-refractivity contribution in [2.45, 2.75) is 60.7 Å². The highest BCUT2D eigenvalue weighted by Crippen LogP contribution is 2.51. The molecule has 0 aliphatic carbocycles. The van der Waals surface area contributed by atoms with E-state index in [1.165, 1.54) is 0 Å². The molecule has 0 aromatic carbocycles. The van der Waals surface area contributed by atoms with E-state index in [0.717, 1.165) is 11.3 Å². The molecule has 6 nitrogen and oxygen atoms in total. The van der Waals surface area contributed by atoms with Gasteiger partial charge in [-0.2, -0.15) is 4.98 Å². The van der Waals surface area contributed by atoms with E-state index in [2.05, 4.69) is 21.9 Å². The van der Waals surface area contributed by atoms with Crippen LogP contribution in [0.15, 0.2) is 24.5 Å². The van der Waals surface area contributed by atoms with Crippen molar-refractivity contribution in [1.29, 1.82) is 0 Å². The Hall–Kier alpha value is -1.20. The minimum absolute atomic E-state index is 0.133. The van der Waals surface area contributed by atoms with E-state index in [1.54, 1.807) is 12.3 Å². The maximum absolute atomic E-state index is 13.1. The zero-order chi connectivity index (χ0) is 20.8. The number of allylic oxidation sites excluding steroid dienone is 2. The van der Waals surface area contributed by atoms with Crippen LogP contribution >= 0.6 is 19.2 Å². The fourth-order valence-corrected chi connectivity index (χ4v) is 4.29. The summed E-state index contributed by atoms with van der Waals surface area (Å²) >= 11 is 5.94. The van der Waals surface area contributed by atoms with Gasteiger partial charge in [0.15, 0.2) is 0 Å². The number of aromatic nitrogens is 2. The summed E-state index contributed by atoms with van der Waals surface area (Å²) in [6.07, 6.45) is 4.82. The fraction of sp³-hybridized carbons (Fsp3) is 0.579. The lowest BCUT2D eigenvalue weighted by molar-refractivity contribution is 0.144. The lowest BCUT2D eigenvalue weighted by atomic mass is 9.91. The summed E-state index contributed by atoms with van der Waals surface area (Å²) < 4.78 is 24.4. The molecule has 1 heterocycles. The van der Waals surface area contributed by atoms with Gasteiger partial charge in [0.25, 0.3) is 0 Å². The summed E-state index contributed by atoms with van der Waals surface area (Å²) in [5.74, 6) is 0.538. The monoisotopic (exact) mass is 415 g/mol. The Bertz CT molecular complexity index is 713. The standard InChI is InChI=1S/C19H31ClN3O3P/c1-9-15-12-21-18(20)23-17(15)22-16(19(6,7)8)10-11-27(24,25-13(2)3)26-14(4)5/h9-10,12-14H,1,11H2,2-8H3,(H,21,22,23)/b16-10-. The molecule has 0 atom stereocenters. The Kier molecular flexibility index (Phi) is 8.68. The van der Waals surface area contributed by atoms with Gasteiger partial charge in [0.1, 0.15) is 5.82 Å². The summed E-state index contributed by atoms with van der Waals surface area (Å²) in [4.78, 5) is 8.21. The number of anilines is 1. The van der Waals surface area contributed by atoms with Crippen LogP contribution in [0, 0.1) is 5.41 Å². The van der Waals surface area contributed by atoms with E-state index in [0.29, 0.717) is 5.82 Å². The molecule has 0 spiro atoms. The molecule has 27 heavy (non-hydrogen) atoms. The number of halogens is 1. The molecule has 0 aliphatic heterocycles. The van der Waals surface area contributed by atoms with Crippen LogP contribution in [-0.4, -0.2) is 28.3 Å². The predicted octanol–water partition coefficient (Wildman–Crippen LogP) is 6.16. The van der Waals surface area contributed by atoms with E-state index < -0.39 is 7.60 Å². The van der Waals surface area contributed by atoms with Crippen molar-refractivity contribution in [3.63, 3.8) is 0 Å². The van der Waals surface area contributed by atoms with E-state index >= 15 is 0 Å². The molecule has 1 aromatic heterocycles. The first-order valence-electron chi connectivity index (χ1n) is 8.95. The quantitative estimate of drug-likeness (QED) is 0.384. The Labute approximate surface area is 168 Å². The van der Waals surface area contributed by atoms with Gasteiger partial charge in [-0.3, -0.25) is 4.57 Å². The van der Waals surface area contributed by atoms with Crippen LogP contribution in [0.3, 0.4) is 0 Å². The molecule has 1 N–H and O–H groups in total. The fourth-order valence-electron chi connectivity index (χ4n) is 2.25. The summed E-state index contributed by atoms with van der Waals surface area (Å²) in [6.45, 7) is 17.2. The SMILES string of the molecule is C=Cc1cnc(Cl)nc1N/C(=C\CP(=O)(OC(C)C)OC(C)C)C(C)(C)C. The van der Waals surface area contributed by atoms with Gasteiger partial charge in [-0.25, -0.2) is 4.98 Å². The molecule has 0 radical (unpaired) electrons. The Morgan fingerprint density at radius 3 is 2.30 bits per heavy atom. The Morgan fingerprint density at radius 2 is 1.85 bits per heavy atom. The van der Waals surface area contributed by atoms with Gasteiger partial charge >= 0.3 is 7.60 Å². The first kappa shape index (κ1) is 23.8. The first-order valence-corrected chi connectivity index (χ1v) is 11.1. The van der Waals surface area contributed by atoms with Crippen LogP contribution in [0.4, 0.5) is 5.82 Å². The minimum atomic E-state index is -3.28. The molecule has 0 aliphatic rings. The number of rotatable bonds is 9. The molecule has 0 saturated carbocycles. The van der Waals surface area contributed by atoms with E-state index in [9.17, 15) is 4.57 Å². The van der Waals surface area contributed by atoms with Crippen molar-refractivity contribution in [3.8, 4) is 0 Å². The maximum atomic E-state index is 13.1. The highest BCUT2D eigenvalue weighted by atomic mass is 35.5. The van der Waals surface area contributed by atoms with Crippen LogP contribution in [-0.2, 0) is 13.6 Å². The molecule has 0 fully saturated rings. The van der Waals surface area contributed by atoms with E-state index in [4.69, 9.17) is 20.6 Å². The van der Waals surface area contributed by atoms with Gasteiger partial charge in [-0.05, 0) is 39.3 Å². The van der Waals surface area contributed by atoms with Gasteiger partial charge < -0.3 is 14.4 Å². The first-order chi connectivity index (χ1) is 12.4. The topological polar surface area (TPSA) is 73.3 Å². The molecule has 0 unspecified atom stereocenters. The zero-order valence-corrected chi connectivity index (χ0v) is 18.9. The number of hydrogen-bond acceptors (Lipinski definition) is 6. The second-order valence-corrected chi connectivity index (χ2v) is 10.1. The van der Waals surface area contributed by atoms with Crippen LogP contribution in [0.25, 0.3) is 6.08 Å². The lowest BCUT2D eigenvalue weighted by Gasteiger charge is -2.27. The third kappa shape index (κ3) is 8.14. The Morgan fingerprint density at radius 1 is 1.30 bits per heavy atom. The van der Waals surface area contributed by atoms with E-state index in [-0.39, 0.29) is 29.1 Å². The third-order valence-corrected chi connectivity index (χ3v) is 5.63. The number of nitrogens with one attached hydrogen (secondary N) is 1. The Balaban J connectivity index is 3.21. The summed E-state index contributed by atoms with van der Waals surface area (Å²) in [5.41, 5.74) is 1.27. The largest absolute Gasteiger partial charge is 0.343 e. The van der Waals surface area contributed by atoms with Crippen molar-refractivity contribution in [3.05, 3.63) is 35.4 Å². The van der Waals surface area contributed by atoms with Gasteiger partial charge in [-0.15, -0.1) is 0 Å². The van der Waals surface area contributed by atoms with Crippen molar-refractivity contribution < 1.29 is 13.6 Å². The van der Waals surface area contributed by atoms with Gasteiger partial charge in [0.05, 0.1) is 18.4 Å². The van der Waals surface area contributed by atoms with Crippen LogP contribution in [0.2, 0.25) is 5.28 Å². The zero-order valence-electron chi connectivity index (χ0n) is 17.2. The molecular formula is C19H31ClN3O3P. The van der Waals surface area contributed by atoms with Crippen molar-refractivity contribution in [1.82, 2.24) is 9.97 Å². The highest BCUT2D eigenvalue weighted by Gasteiger charge is 2.28. The van der Waals surface area contributed by atoms with Gasteiger partial charge in [0.2, 0.25) is 5.28 Å². The van der Waals surface area contributed by atoms with Gasteiger partial charge in [0, 0.05) is 22.9 Å². The molecule has 1 aromatic rings. The molecular weight excluding hydrogens is 385 g/mol. The predicted molar refractivity (Wildman–Crippen MR) is 113 cm³/mol. The minimum Gasteiger partial charge on any atom is -0.343 e. The van der Waals surface area contributed by atoms with Gasteiger partial charge in [-0.1, -0.05) is 39.5 Å². The molecule has 1 rings (SSSR count). The average Bonchev–Trinajstić information content (AvgIpc) is 2.48. The van der Waals surface area contributed by atoms with Crippen LogP contribution in [0.1, 0.15) is 54.0 Å². The van der Waals surface area contributed by atoms with Crippen LogP contribution < -0.4 is 5.32 Å². The highest BCUT2D eigenvalue weighted by molar-refractivity contribution is 7.54. The van der Waals surface area contributed by atoms with E-state index in [1.807, 2.05) is 54.5 Å². The summed E-state index contributed by atoms with van der Waals surface area (Å²) in [5, 5.41) is 3.41. The normalized spacial score (nSPS) is 13.3. The lowest BCUT2D eigenvalue weighted by Crippen LogP contribution is -2.19. The van der Waals surface area contributed by atoms with Crippen molar-refractivity contribution >= 4 is 31.1 Å². The van der Waals surface area contributed by atoms with Crippen molar-refractivity contribution in [2.24, 2.45) is 5.41 Å². The third-order valence-electron chi connectivity index (χ3n) is 3.33. The molecule has 0 amide bonds. The molecule has 8 heteroatoms. The second kappa shape index (κ2) is 9.83. The summed E-state index contributed by atoms with van der Waals surface area (Å²) in [7, 11) is -3.28. The van der Waals surface area contributed by atoms with Crippen molar-refractivity contribution in [2.75, 3.05) is 11.5 Å².